The Kier molecular flexibility index (Phi) is 3.76. The van der Waals surface area contributed by atoms with Crippen LogP contribution in [0.15, 0.2) is 48.5 Å². The number of ether oxygens (including phenoxy) is 1. The van der Waals surface area contributed by atoms with E-state index < -0.39 is 0 Å². The third kappa shape index (κ3) is 2.67. The van der Waals surface area contributed by atoms with Gasteiger partial charge < -0.3 is 10.1 Å². The molecule has 0 aliphatic carbocycles. The van der Waals surface area contributed by atoms with Crippen molar-refractivity contribution < 1.29 is 9.53 Å². The van der Waals surface area contributed by atoms with Gasteiger partial charge in [-0.15, -0.1) is 0 Å². The zero-order valence-corrected chi connectivity index (χ0v) is 14.2. The Morgan fingerprint density at radius 1 is 1.24 bits per heavy atom. The molecule has 5 heteroatoms. The number of hydrogen-bond donors (Lipinski definition) is 1. The number of aromatic nitrogens is 2. The predicted octanol–water partition coefficient (Wildman–Crippen LogP) is 3.79. The van der Waals surface area contributed by atoms with Crippen LogP contribution in [-0.2, 0) is 20.1 Å². The van der Waals surface area contributed by atoms with E-state index in [9.17, 15) is 4.79 Å². The van der Waals surface area contributed by atoms with E-state index in [0.29, 0.717) is 12.3 Å². The minimum atomic E-state index is -0.215. The minimum Gasteiger partial charge on any atom is -0.488 e. The smallest absolute Gasteiger partial charge is 0.276 e. The number of nitrogens with one attached hydrogen (secondary N) is 1. The second-order valence-electron chi connectivity index (χ2n) is 6.09. The van der Waals surface area contributed by atoms with Crippen molar-refractivity contribution in [1.29, 1.82) is 0 Å². The number of rotatable bonds is 3. The van der Waals surface area contributed by atoms with E-state index in [-0.39, 0.29) is 5.91 Å². The van der Waals surface area contributed by atoms with Crippen LogP contribution in [0.3, 0.4) is 0 Å². The second-order valence-corrected chi connectivity index (χ2v) is 6.09. The van der Waals surface area contributed by atoms with Crippen molar-refractivity contribution in [3.8, 4) is 17.0 Å². The maximum absolute atomic E-state index is 12.8. The third-order valence-corrected chi connectivity index (χ3v) is 4.47. The Balaban J connectivity index is 1.70. The summed E-state index contributed by atoms with van der Waals surface area (Å²) in [6, 6.07) is 15.7. The second kappa shape index (κ2) is 6.09. The number of carbonyl (C=O) groups is 1. The van der Waals surface area contributed by atoms with Gasteiger partial charge in [-0.05, 0) is 36.2 Å². The standard InChI is InChI=1S/C20H19N3O2/c1-3-13-7-6-8-14(11-13)21-20(24)18-16-12-25-17-10-5-4-9-15(17)19(16)23(2)22-18/h4-11H,3,12H2,1-2H3,(H,21,24). The van der Waals surface area contributed by atoms with Crippen LogP contribution in [0.5, 0.6) is 5.75 Å². The molecule has 0 saturated carbocycles. The van der Waals surface area contributed by atoms with Gasteiger partial charge in [0, 0.05) is 23.9 Å². The number of amides is 1. The molecular formula is C20H19N3O2. The normalized spacial score (nSPS) is 12.1. The van der Waals surface area contributed by atoms with E-state index >= 15 is 0 Å². The van der Waals surface area contributed by atoms with Crippen LogP contribution in [0.25, 0.3) is 11.3 Å². The Labute approximate surface area is 146 Å². The molecule has 25 heavy (non-hydrogen) atoms. The van der Waals surface area contributed by atoms with Crippen molar-refractivity contribution in [3.63, 3.8) is 0 Å². The van der Waals surface area contributed by atoms with E-state index in [1.807, 2.05) is 55.6 Å². The van der Waals surface area contributed by atoms with Crippen molar-refractivity contribution in [1.82, 2.24) is 9.78 Å². The molecule has 0 atom stereocenters. The zero-order chi connectivity index (χ0) is 17.4. The molecule has 1 aliphatic rings. The summed E-state index contributed by atoms with van der Waals surface area (Å²) in [4.78, 5) is 12.8. The van der Waals surface area contributed by atoms with Gasteiger partial charge in [0.05, 0.1) is 5.69 Å². The van der Waals surface area contributed by atoms with Crippen molar-refractivity contribution in [2.75, 3.05) is 5.32 Å². The Bertz CT molecular complexity index is 959. The monoisotopic (exact) mass is 333 g/mol. The van der Waals surface area contributed by atoms with Gasteiger partial charge in [-0.3, -0.25) is 9.48 Å². The Hall–Kier alpha value is -3.08. The first kappa shape index (κ1) is 15.4. The summed E-state index contributed by atoms with van der Waals surface area (Å²) in [6.07, 6.45) is 0.924. The van der Waals surface area contributed by atoms with Crippen molar-refractivity contribution in [3.05, 3.63) is 65.4 Å². The molecule has 126 valence electrons. The van der Waals surface area contributed by atoms with Crippen molar-refractivity contribution in [2.45, 2.75) is 20.0 Å². The molecule has 2 heterocycles. The number of hydrogen-bond acceptors (Lipinski definition) is 3. The van der Waals surface area contributed by atoms with Crippen LogP contribution in [0, 0.1) is 0 Å². The highest BCUT2D eigenvalue weighted by Gasteiger charge is 2.28. The predicted molar refractivity (Wildman–Crippen MR) is 96.7 cm³/mol. The van der Waals surface area contributed by atoms with Gasteiger partial charge >= 0.3 is 0 Å². The lowest BCUT2D eigenvalue weighted by molar-refractivity contribution is 0.101. The molecule has 1 aromatic heterocycles. The molecule has 0 saturated heterocycles. The highest BCUT2D eigenvalue weighted by molar-refractivity contribution is 6.05. The maximum Gasteiger partial charge on any atom is 0.276 e. The molecule has 4 rings (SSSR count). The molecule has 1 N–H and O–H groups in total. The third-order valence-electron chi connectivity index (χ3n) is 4.47. The summed E-state index contributed by atoms with van der Waals surface area (Å²) in [6.45, 7) is 2.43. The molecule has 0 spiro atoms. The van der Waals surface area contributed by atoms with Crippen LogP contribution >= 0.6 is 0 Å². The fourth-order valence-corrected chi connectivity index (χ4v) is 3.22. The summed E-state index contributed by atoms with van der Waals surface area (Å²) >= 11 is 0. The molecule has 5 nitrogen and oxygen atoms in total. The highest BCUT2D eigenvalue weighted by Crippen LogP contribution is 2.38. The van der Waals surface area contributed by atoms with Gasteiger partial charge in [-0.25, -0.2) is 0 Å². The SMILES string of the molecule is CCc1cccc(NC(=O)c2nn(C)c3c2COc2ccccc2-3)c1. The van der Waals surface area contributed by atoms with Gasteiger partial charge in [-0.2, -0.15) is 5.10 Å². The lowest BCUT2D eigenvalue weighted by Crippen LogP contribution is -2.16. The van der Waals surface area contributed by atoms with Gasteiger partial charge in [0.1, 0.15) is 12.4 Å². The van der Waals surface area contributed by atoms with Crippen LogP contribution in [-0.4, -0.2) is 15.7 Å². The first-order chi connectivity index (χ1) is 12.2. The molecule has 1 amide bonds. The number of carbonyl (C=O) groups excluding carboxylic acids is 1. The van der Waals surface area contributed by atoms with Crippen molar-refractivity contribution >= 4 is 11.6 Å². The number of benzene rings is 2. The van der Waals surface area contributed by atoms with E-state index in [1.54, 1.807) is 4.68 Å². The summed E-state index contributed by atoms with van der Waals surface area (Å²) in [5.74, 6) is 0.605. The largest absolute Gasteiger partial charge is 0.488 e. The molecule has 2 aromatic carbocycles. The van der Waals surface area contributed by atoms with Gasteiger partial charge in [0.2, 0.25) is 0 Å². The lowest BCUT2D eigenvalue weighted by atomic mass is 10.0. The van der Waals surface area contributed by atoms with Gasteiger partial charge in [0.25, 0.3) is 5.91 Å². The molecule has 0 bridgehead atoms. The average Bonchev–Trinajstić information content (AvgIpc) is 2.99. The average molecular weight is 333 g/mol. The number of para-hydroxylation sites is 1. The number of nitrogens with zero attached hydrogens (tertiary/aromatic N) is 2. The maximum atomic E-state index is 12.8. The first-order valence-electron chi connectivity index (χ1n) is 8.35. The number of aryl methyl sites for hydroxylation is 2. The molecular weight excluding hydrogens is 314 g/mol. The number of anilines is 1. The van der Waals surface area contributed by atoms with Crippen LogP contribution in [0.2, 0.25) is 0 Å². The summed E-state index contributed by atoms with van der Waals surface area (Å²) < 4.78 is 7.57. The molecule has 3 aromatic rings. The van der Waals surface area contributed by atoms with Crippen LogP contribution < -0.4 is 10.1 Å². The van der Waals surface area contributed by atoms with Gasteiger partial charge in [0.15, 0.2) is 5.69 Å². The first-order valence-corrected chi connectivity index (χ1v) is 8.35. The van der Waals surface area contributed by atoms with E-state index in [4.69, 9.17) is 4.74 Å². The quantitative estimate of drug-likeness (QED) is 0.793. The van der Waals surface area contributed by atoms with E-state index in [2.05, 4.69) is 17.3 Å². The van der Waals surface area contributed by atoms with Crippen LogP contribution in [0.4, 0.5) is 5.69 Å². The topological polar surface area (TPSA) is 56.2 Å². The number of fused-ring (bicyclic) bond motifs is 3. The molecule has 0 unspecified atom stereocenters. The minimum absolute atomic E-state index is 0.215. The Morgan fingerprint density at radius 3 is 2.92 bits per heavy atom. The fraction of sp³-hybridized carbons (Fsp3) is 0.200. The summed E-state index contributed by atoms with van der Waals surface area (Å²) in [7, 11) is 1.86. The highest BCUT2D eigenvalue weighted by atomic mass is 16.5. The summed E-state index contributed by atoms with van der Waals surface area (Å²) in [5, 5.41) is 7.40. The van der Waals surface area contributed by atoms with E-state index in [1.165, 1.54) is 5.56 Å². The van der Waals surface area contributed by atoms with Gasteiger partial charge in [-0.1, -0.05) is 31.2 Å². The molecule has 1 aliphatic heterocycles. The zero-order valence-electron chi connectivity index (χ0n) is 14.2. The summed E-state index contributed by atoms with van der Waals surface area (Å²) in [5.41, 5.74) is 5.10. The molecule has 0 radical (unpaired) electrons. The fourth-order valence-electron chi connectivity index (χ4n) is 3.22. The lowest BCUT2D eigenvalue weighted by Gasteiger charge is -2.18. The Morgan fingerprint density at radius 2 is 2.08 bits per heavy atom. The molecule has 0 fully saturated rings. The van der Waals surface area contributed by atoms with E-state index in [0.717, 1.165) is 34.7 Å². The van der Waals surface area contributed by atoms with Crippen LogP contribution in [0.1, 0.15) is 28.5 Å². The van der Waals surface area contributed by atoms with Crippen molar-refractivity contribution in [2.24, 2.45) is 7.05 Å².